The third-order valence-electron chi connectivity index (χ3n) is 3.71. The Morgan fingerprint density at radius 3 is 2.13 bits per heavy atom. The van der Waals surface area contributed by atoms with E-state index >= 15 is 0 Å². The van der Waals surface area contributed by atoms with Crippen LogP contribution in [-0.2, 0) is 0 Å². The number of hydrogen-bond acceptors (Lipinski definition) is 3. The van der Waals surface area contributed by atoms with Crippen molar-refractivity contribution in [1.82, 2.24) is 9.97 Å². The lowest BCUT2D eigenvalue weighted by molar-refractivity contribution is 1.31. The van der Waals surface area contributed by atoms with Gasteiger partial charge in [-0.25, -0.2) is 4.98 Å². The number of thiazole rings is 1. The van der Waals surface area contributed by atoms with Gasteiger partial charge in [0.2, 0.25) is 0 Å². The fraction of sp³-hybridized carbons (Fsp3) is 0. The molecule has 0 amide bonds. The van der Waals surface area contributed by atoms with Crippen LogP contribution in [0.1, 0.15) is 0 Å². The Kier molecular flexibility index (Phi) is 3.70. The highest BCUT2D eigenvalue weighted by molar-refractivity contribution is 7.13. The summed E-state index contributed by atoms with van der Waals surface area (Å²) in [4.78, 5) is 9.11. The van der Waals surface area contributed by atoms with E-state index in [1.54, 1.807) is 11.3 Å². The predicted molar refractivity (Wildman–Crippen MR) is 96.2 cm³/mol. The SMILES string of the molecule is c1ccc(-c2csc(-c3cnccc3-c3ccccc3)n2)cc1. The Morgan fingerprint density at radius 2 is 1.39 bits per heavy atom. The van der Waals surface area contributed by atoms with E-state index in [0.717, 1.165) is 27.4 Å². The quantitative estimate of drug-likeness (QED) is 0.496. The monoisotopic (exact) mass is 314 g/mol. The standard InChI is InChI=1S/C20H14N2S/c1-3-7-15(8-4-1)17-11-12-21-13-18(17)20-22-19(14-23-20)16-9-5-2-6-10-16/h1-14H. The molecule has 0 aliphatic carbocycles. The lowest BCUT2D eigenvalue weighted by Gasteiger charge is -2.06. The lowest BCUT2D eigenvalue weighted by Crippen LogP contribution is -1.86. The molecule has 0 aliphatic heterocycles. The average Bonchev–Trinajstić information content (AvgIpc) is 3.13. The van der Waals surface area contributed by atoms with Gasteiger partial charge in [-0.15, -0.1) is 11.3 Å². The van der Waals surface area contributed by atoms with Gasteiger partial charge in [-0.2, -0.15) is 0 Å². The maximum Gasteiger partial charge on any atom is 0.126 e. The van der Waals surface area contributed by atoms with Crippen LogP contribution in [0.2, 0.25) is 0 Å². The summed E-state index contributed by atoms with van der Waals surface area (Å²) >= 11 is 1.66. The molecule has 3 heteroatoms. The maximum absolute atomic E-state index is 4.82. The highest BCUT2D eigenvalue weighted by Gasteiger charge is 2.11. The molecular formula is C20H14N2S. The zero-order valence-corrected chi connectivity index (χ0v) is 13.2. The van der Waals surface area contributed by atoms with Gasteiger partial charge in [0.25, 0.3) is 0 Å². The van der Waals surface area contributed by atoms with Crippen molar-refractivity contribution in [3.63, 3.8) is 0 Å². The van der Waals surface area contributed by atoms with Crippen molar-refractivity contribution in [1.29, 1.82) is 0 Å². The Hall–Kier alpha value is -2.78. The molecule has 0 N–H and O–H groups in total. The molecule has 0 radical (unpaired) electrons. The second kappa shape index (κ2) is 6.15. The van der Waals surface area contributed by atoms with E-state index in [0.29, 0.717) is 0 Å². The minimum atomic E-state index is 0.996. The third kappa shape index (κ3) is 2.79. The molecular weight excluding hydrogens is 300 g/mol. The first kappa shape index (κ1) is 13.9. The Balaban J connectivity index is 1.79. The van der Waals surface area contributed by atoms with E-state index < -0.39 is 0 Å². The number of aromatic nitrogens is 2. The van der Waals surface area contributed by atoms with Gasteiger partial charge in [0, 0.05) is 28.9 Å². The Labute approximate surface area is 139 Å². The van der Waals surface area contributed by atoms with Crippen molar-refractivity contribution in [2.45, 2.75) is 0 Å². The summed E-state index contributed by atoms with van der Waals surface area (Å²) in [6, 6.07) is 22.7. The Morgan fingerprint density at radius 1 is 0.696 bits per heavy atom. The van der Waals surface area contributed by atoms with Crippen LogP contribution in [0.25, 0.3) is 33.0 Å². The first-order valence-corrected chi connectivity index (χ1v) is 8.30. The van der Waals surface area contributed by atoms with Crippen molar-refractivity contribution < 1.29 is 0 Å². The van der Waals surface area contributed by atoms with E-state index in [1.165, 1.54) is 5.56 Å². The normalized spacial score (nSPS) is 10.6. The van der Waals surface area contributed by atoms with Gasteiger partial charge in [-0.3, -0.25) is 4.98 Å². The molecule has 2 aromatic carbocycles. The van der Waals surface area contributed by atoms with Gasteiger partial charge in [-0.05, 0) is 17.2 Å². The van der Waals surface area contributed by atoms with Crippen LogP contribution in [0.3, 0.4) is 0 Å². The summed E-state index contributed by atoms with van der Waals surface area (Å²) in [6.45, 7) is 0. The van der Waals surface area contributed by atoms with Gasteiger partial charge < -0.3 is 0 Å². The number of pyridine rings is 1. The molecule has 23 heavy (non-hydrogen) atoms. The second-order valence-corrected chi connectivity index (χ2v) is 6.05. The molecule has 4 aromatic rings. The smallest absolute Gasteiger partial charge is 0.126 e. The van der Waals surface area contributed by atoms with Crippen LogP contribution >= 0.6 is 11.3 Å². The predicted octanol–water partition coefficient (Wildman–Crippen LogP) is 5.54. The molecule has 0 saturated carbocycles. The molecule has 4 rings (SSSR count). The maximum atomic E-state index is 4.82. The van der Waals surface area contributed by atoms with Crippen molar-refractivity contribution in [2.75, 3.05) is 0 Å². The van der Waals surface area contributed by atoms with E-state index in [-0.39, 0.29) is 0 Å². The number of rotatable bonds is 3. The summed E-state index contributed by atoms with van der Waals surface area (Å²) in [5.41, 5.74) is 5.57. The minimum Gasteiger partial charge on any atom is -0.264 e. The van der Waals surface area contributed by atoms with E-state index in [4.69, 9.17) is 4.98 Å². The molecule has 110 valence electrons. The largest absolute Gasteiger partial charge is 0.264 e. The van der Waals surface area contributed by atoms with Gasteiger partial charge >= 0.3 is 0 Å². The second-order valence-electron chi connectivity index (χ2n) is 5.19. The summed E-state index contributed by atoms with van der Waals surface area (Å²) < 4.78 is 0. The first-order valence-electron chi connectivity index (χ1n) is 7.42. The zero-order chi connectivity index (χ0) is 15.5. The molecule has 0 fully saturated rings. The van der Waals surface area contributed by atoms with Crippen LogP contribution in [-0.4, -0.2) is 9.97 Å². The Bertz CT molecular complexity index is 915. The van der Waals surface area contributed by atoms with Crippen molar-refractivity contribution in [2.24, 2.45) is 0 Å². The van der Waals surface area contributed by atoms with E-state index in [2.05, 4.69) is 46.8 Å². The molecule has 0 unspecified atom stereocenters. The van der Waals surface area contributed by atoms with Gasteiger partial charge in [0.1, 0.15) is 5.01 Å². The topological polar surface area (TPSA) is 25.8 Å². The number of nitrogens with zero attached hydrogens (tertiary/aromatic N) is 2. The summed E-state index contributed by atoms with van der Waals surface area (Å²) in [5, 5.41) is 3.10. The van der Waals surface area contributed by atoms with Crippen LogP contribution in [0.5, 0.6) is 0 Å². The molecule has 0 bridgehead atoms. The summed E-state index contributed by atoms with van der Waals surface area (Å²) in [7, 11) is 0. The highest BCUT2D eigenvalue weighted by Crippen LogP contribution is 2.34. The fourth-order valence-electron chi connectivity index (χ4n) is 2.57. The highest BCUT2D eigenvalue weighted by atomic mass is 32.1. The van der Waals surface area contributed by atoms with Gasteiger partial charge in [-0.1, -0.05) is 60.7 Å². The van der Waals surface area contributed by atoms with E-state index in [1.807, 2.05) is 42.7 Å². The number of hydrogen-bond donors (Lipinski definition) is 0. The summed E-state index contributed by atoms with van der Waals surface area (Å²) in [5.74, 6) is 0. The molecule has 0 aliphatic rings. The lowest BCUT2D eigenvalue weighted by atomic mass is 10.0. The van der Waals surface area contributed by atoms with Crippen LogP contribution < -0.4 is 0 Å². The van der Waals surface area contributed by atoms with Crippen molar-refractivity contribution in [3.8, 4) is 33.0 Å². The third-order valence-corrected chi connectivity index (χ3v) is 4.59. The number of benzene rings is 2. The van der Waals surface area contributed by atoms with E-state index in [9.17, 15) is 0 Å². The van der Waals surface area contributed by atoms with Crippen LogP contribution in [0, 0.1) is 0 Å². The van der Waals surface area contributed by atoms with Crippen LogP contribution in [0.15, 0.2) is 84.5 Å². The van der Waals surface area contributed by atoms with Gasteiger partial charge in [0.15, 0.2) is 0 Å². The zero-order valence-electron chi connectivity index (χ0n) is 12.4. The van der Waals surface area contributed by atoms with Crippen molar-refractivity contribution >= 4 is 11.3 Å². The fourth-order valence-corrected chi connectivity index (χ4v) is 3.43. The van der Waals surface area contributed by atoms with Crippen LogP contribution in [0.4, 0.5) is 0 Å². The molecule has 2 aromatic heterocycles. The minimum absolute atomic E-state index is 0.996. The molecule has 2 nitrogen and oxygen atoms in total. The molecule has 2 heterocycles. The summed E-state index contributed by atoms with van der Waals surface area (Å²) in [6.07, 6.45) is 3.73. The molecule has 0 spiro atoms. The molecule has 0 saturated heterocycles. The first-order chi connectivity index (χ1) is 11.4. The average molecular weight is 314 g/mol. The van der Waals surface area contributed by atoms with Gasteiger partial charge in [0.05, 0.1) is 5.69 Å². The molecule has 0 atom stereocenters. The van der Waals surface area contributed by atoms with Crippen molar-refractivity contribution in [3.05, 3.63) is 84.5 Å².